The van der Waals surface area contributed by atoms with Gasteiger partial charge in [0.25, 0.3) is 0 Å². The van der Waals surface area contributed by atoms with Gasteiger partial charge in [-0.15, -0.1) is 0 Å². The van der Waals surface area contributed by atoms with Gasteiger partial charge in [-0.2, -0.15) is 0 Å². The van der Waals surface area contributed by atoms with E-state index in [0.717, 1.165) is 42.6 Å². The van der Waals surface area contributed by atoms with Gasteiger partial charge in [-0.25, -0.2) is 4.79 Å². The van der Waals surface area contributed by atoms with E-state index in [1.165, 1.54) is 12.8 Å². The Kier molecular flexibility index (Phi) is 5.68. The van der Waals surface area contributed by atoms with E-state index in [1.54, 1.807) is 0 Å². The van der Waals surface area contributed by atoms with Gasteiger partial charge in [0, 0.05) is 19.1 Å². The topological polar surface area (TPSA) is 62.8 Å². The molecule has 1 aromatic carbocycles. The number of urea groups is 1. The predicted octanol–water partition coefficient (Wildman–Crippen LogP) is 2.90. The number of nitrogens with zero attached hydrogens (tertiary/aromatic N) is 1. The fourth-order valence-electron chi connectivity index (χ4n) is 3.61. The van der Waals surface area contributed by atoms with Gasteiger partial charge in [-0.3, -0.25) is 0 Å². The molecule has 0 aromatic heterocycles. The van der Waals surface area contributed by atoms with E-state index < -0.39 is 0 Å². The normalized spacial score (nSPS) is 22.3. The number of hydrogen-bond acceptors (Lipinski definition) is 4. The molecular formula is C19H29N3O3. The minimum Gasteiger partial charge on any atom is -0.454 e. The van der Waals surface area contributed by atoms with Crippen LogP contribution in [0.15, 0.2) is 18.2 Å². The van der Waals surface area contributed by atoms with Gasteiger partial charge in [0.2, 0.25) is 6.79 Å². The Hall–Kier alpha value is -1.95. The van der Waals surface area contributed by atoms with Crippen molar-refractivity contribution in [2.45, 2.75) is 45.7 Å². The summed E-state index contributed by atoms with van der Waals surface area (Å²) in [5.41, 5.74) is 0.997. The Bertz CT molecular complexity index is 608. The fourth-order valence-corrected chi connectivity index (χ4v) is 3.61. The van der Waals surface area contributed by atoms with Crippen molar-refractivity contribution in [1.82, 2.24) is 15.5 Å². The first-order valence-electron chi connectivity index (χ1n) is 9.20. The van der Waals surface area contributed by atoms with Crippen LogP contribution in [0.1, 0.15) is 45.2 Å². The Morgan fingerprint density at radius 3 is 2.88 bits per heavy atom. The van der Waals surface area contributed by atoms with Crippen molar-refractivity contribution in [3.05, 3.63) is 23.8 Å². The number of amides is 2. The summed E-state index contributed by atoms with van der Waals surface area (Å²) in [5, 5.41) is 6.05. The summed E-state index contributed by atoms with van der Waals surface area (Å²) in [4.78, 5) is 14.7. The molecule has 3 unspecified atom stereocenters. The molecular weight excluding hydrogens is 318 g/mol. The molecule has 6 nitrogen and oxygen atoms in total. The number of fused-ring (bicyclic) bond motifs is 1. The number of hydrogen-bond donors (Lipinski definition) is 2. The van der Waals surface area contributed by atoms with Crippen LogP contribution in [-0.4, -0.2) is 43.4 Å². The van der Waals surface area contributed by atoms with Crippen molar-refractivity contribution >= 4 is 6.03 Å². The lowest BCUT2D eigenvalue weighted by Gasteiger charge is -2.33. The quantitative estimate of drug-likeness (QED) is 0.860. The average Bonchev–Trinajstić information content (AvgIpc) is 3.01. The van der Waals surface area contributed by atoms with Crippen LogP contribution >= 0.6 is 0 Å². The van der Waals surface area contributed by atoms with Gasteiger partial charge in [0.1, 0.15) is 0 Å². The third-order valence-electron chi connectivity index (χ3n) is 4.89. The molecule has 2 aliphatic heterocycles. The fraction of sp³-hybridized carbons (Fsp3) is 0.632. The maximum atomic E-state index is 12.3. The molecule has 2 amide bonds. The molecule has 0 spiro atoms. The number of ether oxygens (including phenoxy) is 2. The number of carbonyl (C=O) groups is 1. The number of likely N-dealkylation sites (tertiary alicyclic amines) is 1. The number of piperidine rings is 1. The molecule has 1 fully saturated rings. The lowest BCUT2D eigenvalue weighted by molar-refractivity contribution is 0.169. The number of carbonyl (C=O) groups excluding carboxylic acids is 1. The highest BCUT2D eigenvalue weighted by Crippen LogP contribution is 2.34. The van der Waals surface area contributed by atoms with Crippen LogP contribution in [0.4, 0.5) is 4.79 Å². The van der Waals surface area contributed by atoms with Crippen molar-refractivity contribution in [3.63, 3.8) is 0 Å². The van der Waals surface area contributed by atoms with Crippen LogP contribution in [0.2, 0.25) is 0 Å². The largest absolute Gasteiger partial charge is 0.454 e. The molecule has 1 saturated heterocycles. The molecule has 0 bridgehead atoms. The van der Waals surface area contributed by atoms with E-state index >= 15 is 0 Å². The van der Waals surface area contributed by atoms with E-state index in [2.05, 4.69) is 29.4 Å². The zero-order valence-electron chi connectivity index (χ0n) is 15.4. The molecule has 2 aliphatic rings. The maximum absolute atomic E-state index is 12.3. The van der Waals surface area contributed by atoms with E-state index in [4.69, 9.17) is 9.47 Å². The van der Waals surface area contributed by atoms with Gasteiger partial charge in [0.15, 0.2) is 11.5 Å². The molecule has 0 saturated carbocycles. The van der Waals surface area contributed by atoms with E-state index in [0.29, 0.717) is 0 Å². The molecule has 25 heavy (non-hydrogen) atoms. The van der Waals surface area contributed by atoms with Crippen LogP contribution in [0, 0.1) is 5.92 Å². The highest BCUT2D eigenvalue weighted by Gasteiger charge is 2.20. The van der Waals surface area contributed by atoms with Crippen molar-refractivity contribution in [2.24, 2.45) is 5.92 Å². The molecule has 0 aliphatic carbocycles. The van der Waals surface area contributed by atoms with E-state index in [1.807, 2.05) is 25.1 Å². The Morgan fingerprint density at radius 1 is 1.28 bits per heavy atom. The maximum Gasteiger partial charge on any atom is 0.315 e. The predicted molar refractivity (Wildman–Crippen MR) is 96.9 cm³/mol. The third-order valence-corrected chi connectivity index (χ3v) is 4.89. The van der Waals surface area contributed by atoms with Crippen LogP contribution < -0.4 is 20.1 Å². The second kappa shape index (κ2) is 7.95. The van der Waals surface area contributed by atoms with E-state index in [9.17, 15) is 4.79 Å². The van der Waals surface area contributed by atoms with E-state index in [-0.39, 0.29) is 24.9 Å². The summed E-state index contributed by atoms with van der Waals surface area (Å²) < 4.78 is 10.7. The second-order valence-electron chi connectivity index (χ2n) is 7.36. The molecule has 1 aromatic rings. The molecule has 0 radical (unpaired) electrons. The lowest BCUT2D eigenvalue weighted by Crippen LogP contribution is -2.48. The molecule has 3 atom stereocenters. The summed E-state index contributed by atoms with van der Waals surface area (Å²) in [6.07, 6.45) is 2.56. The van der Waals surface area contributed by atoms with Crippen LogP contribution in [0.3, 0.4) is 0 Å². The van der Waals surface area contributed by atoms with Gasteiger partial charge in [0.05, 0.1) is 6.04 Å². The van der Waals surface area contributed by atoms with Gasteiger partial charge < -0.3 is 25.0 Å². The smallest absolute Gasteiger partial charge is 0.315 e. The van der Waals surface area contributed by atoms with Crippen molar-refractivity contribution in [3.8, 4) is 11.5 Å². The minimum atomic E-state index is -0.136. The van der Waals surface area contributed by atoms with Crippen LogP contribution in [0.5, 0.6) is 11.5 Å². The Balaban J connectivity index is 1.46. The summed E-state index contributed by atoms with van der Waals surface area (Å²) in [6.45, 7) is 9.74. The molecule has 6 heteroatoms. The number of rotatable bonds is 5. The molecule has 2 N–H and O–H groups in total. The number of benzene rings is 1. The first kappa shape index (κ1) is 17.9. The molecule has 3 rings (SSSR count). The zero-order valence-corrected chi connectivity index (χ0v) is 15.4. The van der Waals surface area contributed by atoms with Crippen molar-refractivity contribution < 1.29 is 14.3 Å². The van der Waals surface area contributed by atoms with Crippen molar-refractivity contribution in [1.29, 1.82) is 0 Å². The van der Waals surface area contributed by atoms with Gasteiger partial charge >= 0.3 is 6.03 Å². The first-order chi connectivity index (χ1) is 12.0. The van der Waals surface area contributed by atoms with Crippen LogP contribution in [0.25, 0.3) is 0 Å². The van der Waals surface area contributed by atoms with Crippen LogP contribution in [-0.2, 0) is 0 Å². The summed E-state index contributed by atoms with van der Waals surface area (Å²) in [5.74, 6) is 2.24. The average molecular weight is 347 g/mol. The SMILES string of the molecule is CC1CCCN(CC(C)NC(=O)NC(C)c2ccc3c(c2)OCO3)C1. The zero-order chi connectivity index (χ0) is 17.8. The Morgan fingerprint density at radius 2 is 2.08 bits per heavy atom. The summed E-state index contributed by atoms with van der Waals surface area (Å²) in [7, 11) is 0. The van der Waals surface area contributed by atoms with Gasteiger partial charge in [-0.05, 0) is 56.8 Å². The number of nitrogens with one attached hydrogen (secondary N) is 2. The summed E-state index contributed by atoms with van der Waals surface area (Å²) in [6, 6.07) is 5.64. The van der Waals surface area contributed by atoms with Gasteiger partial charge in [-0.1, -0.05) is 13.0 Å². The first-order valence-corrected chi connectivity index (χ1v) is 9.20. The standard InChI is InChI=1S/C19H29N3O3/c1-13-5-4-8-22(10-13)11-14(2)20-19(23)21-15(3)16-6-7-17-18(9-16)25-12-24-17/h6-7,9,13-15H,4-5,8,10-12H2,1-3H3,(H2,20,21,23). The lowest BCUT2D eigenvalue weighted by atomic mass is 10.00. The summed E-state index contributed by atoms with van der Waals surface area (Å²) >= 11 is 0. The molecule has 138 valence electrons. The Labute approximate surface area is 149 Å². The second-order valence-corrected chi connectivity index (χ2v) is 7.36. The molecule has 2 heterocycles. The highest BCUT2D eigenvalue weighted by molar-refractivity contribution is 5.74. The monoisotopic (exact) mass is 347 g/mol. The minimum absolute atomic E-state index is 0.100. The highest BCUT2D eigenvalue weighted by atomic mass is 16.7. The third kappa shape index (κ3) is 4.78. The van der Waals surface area contributed by atoms with Crippen molar-refractivity contribution in [2.75, 3.05) is 26.4 Å².